The zero-order valence-electron chi connectivity index (χ0n) is 13.9. The number of hydrogen-bond donors (Lipinski definition) is 1. The van der Waals surface area contributed by atoms with Crippen molar-refractivity contribution in [2.75, 3.05) is 17.7 Å². The molecule has 7 nitrogen and oxygen atoms in total. The van der Waals surface area contributed by atoms with E-state index in [1.807, 2.05) is 6.42 Å². The van der Waals surface area contributed by atoms with E-state index in [1.54, 1.807) is 29.2 Å². The van der Waals surface area contributed by atoms with Crippen molar-refractivity contribution in [3.05, 3.63) is 36.2 Å². The molecule has 133 valence electrons. The first-order chi connectivity index (χ1) is 11.8. The van der Waals surface area contributed by atoms with Crippen LogP contribution in [0.5, 0.6) is 0 Å². The van der Waals surface area contributed by atoms with Crippen LogP contribution in [0.15, 0.2) is 24.3 Å². The molecule has 0 aromatic heterocycles. The molecule has 4 rings (SSSR count). The van der Waals surface area contributed by atoms with Gasteiger partial charge in [-0.2, -0.15) is 0 Å². The minimum Gasteiger partial charge on any atom is -0.368 e. The highest BCUT2D eigenvalue weighted by Crippen LogP contribution is 2.52. The second-order valence-corrected chi connectivity index (χ2v) is 9.35. The first-order valence-electron chi connectivity index (χ1n) is 8.29. The van der Waals surface area contributed by atoms with E-state index >= 15 is 0 Å². The van der Waals surface area contributed by atoms with Gasteiger partial charge in [0.05, 0.1) is 10.8 Å². The SMILES string of the molecule is CS(=O)(=O)C1(c2ccc(N3C(=O)N4CC[CH][C@@H]4C3C(N)=O)cc2)CC1. The molecule has 1 aromatic rings. The molecule has 0 spiro atoms. The summed E-state index contributed by atoms with van der Waals surface area (Å²) in [6, 6.07) is 5.62. The summed E-state index contributed by atoms with van der Waals surface area (Å²) < 4.78 is 23.3. The predicted molar refractivity (Wildman–Crippen MR) is 92.5 cm³/mol. The average molecular weight is 362 g/mol. The van der Waals surface area contributed by atoms with Crippen molar-refractivity contribution in [2.45, 2.75) is 36.1 Å². The second kappa shape index (κ2) is 5.20. The van der Waals surface area contributed by atoms with E-state index in [-0.39, 0.29) is 12.1 Å². The number of sulfone groups is 1. The molecule has 0 bridgehead atoms. The third-order valence-corrected chi connectivity index (χ3v) is 7.63. The molecule has 2 heterocycles. The number of benzene rings is 1. The molecule has 3 amide bonds. The number of amides is 3. The largest absolute Gasteiger partial charge is 0.368 e. The highest BCUT2D eigenvalue weighted by Gasteiger charge is 2.54. The topological polar surface area (TPSA) is 101 Å². The van der Waals surface area contributed by atoms with Gasteiger partial charge in [0.15, 0.2) is 9.84 Å². The fourth-order valence-electron chi connectivity index (χ4n) is 4.07. The van der Waals surface area contributed by atoms with Crippen LogP contribution in [0.2, 0.25) is 0 Å². The maximum absolute atomic E-state index is 12.7. The maximum Gasteiger partial charge on any atom is 0.325 e. The summed E-state index contributed by atoms with van der Waals surface area (Å²) in [5.74, 6) is -0.544. The van der Waals surface area contributed by atoms with Crippen LogP contribution in [-0.4, -0.2) is 50.1 Å². The molecule has 3 fully saturated rings. The van der Waals surface area contributed by atoms with Crippen molar-refractivity contribution < 1.29 is 18.0 Å². The molecule has 1 saturated carbocycles. The van der Waals surface area contributed by atoms with E-state index in [2.05, 4.69) is 0 Å². The van der Waals surface area contributed by atoms with Gasteiger partial charge in [0.1, 0.15) is 6.04 Å². The Morgan fingerprint density at radius 2 is 1.88 bits per heavy atom. The molecule has 25 heavy (non-hydrogen) atoms. The number of carbonyl (C=O) groups is 2. The summed E-state index contributed by atoms with van der Waals surface area (Å²) in [5.41, 5.74) is 6.84. The second-order valence-electron chi connectivity index (χ2n) is 7.02. The number of nitrogens with two attached hydrogens (primary N) is 1. The summed E-state index contributed by atoms with van der Waals surface area (Å²) in [4.78, 5) is 27.7. The van der Waals surface area contributed by atoms with Gasteiger partial charge in [-0.25, -0.2) is 13.2 Å². The molecule has 1 aromatic carbocycles. The lowest BCUT2D eigenvalue weighted by Gasteiger charge is -2.24. The van der Waals surface area contributed by atoms with Crippen LogP contribution in [0.4, 0.5) is 10.5 Å². The fourth-order valence-corrected chi connectivity index (χ4v) is 5.48. The van der Waals surface area contributed by atoms with Gasteiger partial charge in [-0.1, -0.05) is 12.1 Å². The monoisotopic (exact) mass is 362 g/mol. The van der Waals surface area contributed by atoms with E-state index in [0.717, 1.165) is 12.0 Å². The first-order valence-corrected chi connectivity index (χ1v) is 10.2. The van der Waals surface area contributed by atoms with Gasteiger partial charge < -0.3 is 10.6 Å². The van der Waals surface area contributed by atoms with Crippen LogP contribution in [0.25, 0.3) is 0 Å². The molecule has 8 heteroatoms. The third kappa shape index (κ3) is 2.27. The lowest BCUT2D eigenvalue weighted by molar-refractivity contribution is -0.119. The Bertz CT molecular complexity index is 845. The van der Waals surface area contributed by atoms with E-state index in [9.17, 15) is 18.0 Å². The number of nitrogens with zero attached hydrogens (tertiary/aromatic N) is 2. The summed E-state index contributed by atoms with van der Waals surface area (Å²) >= 11 is 0. The predicted octanol–water partition coefficient (Wildman–Crippen LogP) is 0.793. The quantitative estimate of drug-likeness (QED) is 0.856. The van der Waals surface area contributed by atoms with Crippen molar-refractivity contribution in [3.8, 4) is 0 Å². The standard InChI is InChI=1S/C17H20N3O4S/c1-25(23,24)17(8-9-17)11-4-6-12(7-5-11)20-14(15(18)21)13-3-2-10-19(13)16(20)22/h3-7,13-14H,2,8-10H2,1H3,(H2,18,21)/t13-,14?/m1/s1. The highest BCUT2D eigenvalue weighted by molar-refractivity contribution is 7.92. The normalized spacial score (nSPS) is 27.5. The van der Waals surface area contributed by atoms with Gasteiger partial charge in [-0.3, -0.25) is 9.69 Å². The summed E-state index contributed by atoms with van der Waals surface area (Å²) in [6.45, 7) is 0.582. The van der Waals surface area contributed by atoms with Crippen LogP contribution in [0.3, 0.4) is 0 Å². The number of fused-ring (bicyclic) bond motifs is 1. The number of rotatable bonds is 4. The fraction of sp³-hybridized carbons (Fsp3) is 0.471. The van der Waals surface area contributed by atoms with Gasteiger partial charge in [-0.05, 0) is 43.4 Å². The zero-order chi connectivity index (χ0) is 18.0. The number of urea groups is 1. The molecule has 2 aliphatic heterocycles. The number of hydrogen-bond acceptors (Lipinski definition) is 4. The summed E-state index contributed by atoms with van der Waals surface area (Å²) in [5, 5.41) is 0. The first kappa shape index (κ1) is 16.4. The van der Waals surface area contributed by atoms with Crippen LogP contribution in [0.1, 0.15) is 24.8 Å². The Labute approximate surface area is 146 Å². The van der Waals surface area contributed by atoms with Gasteiger partial charge >= 0.3 is 6.03 Å². The van der Waals surface area contributed by atoms with Gasteiger partial charge in [0.25, 0.3) is 0 Å². The Kier molecular flexibility index (Phi) is 3.41. The van der Waals surface area contributed by atoms with Gasteiger partial charge in [0.2, 0.25) is 5.91 Å². The molecule has 2 saturated heterocycles. The van der Waals surface area contributed by atoms with E-state index in [4.69, 9.17) is 5.73 Å². The average Bonchev–Trinajstić information content (AvgIpc) is 3.15. The lowest BCUT2D eigenvalue weighted by Crippen LogP contribution is -2.46. The molecular formula is C17H20N3O4S. The molecule has 1 aliphatic carbocycles. The number of carbonyl (C=O) groups excluding carboxylic acids is 2. The molecule has 2 N–H and O–H groups in total. The van der Waals surface area contributed by atoms with E-state index in [1.165, 1.54) is 11.2 Å². The summed E-state index contributed by atoms with van der Waals surface area (Å²) in [6.07, 6.45) is 5.19. The van der Waals surface area contributed by atoms with Gasteiger partial charge in [-0.15, -0.1) is 0 Å². The van der Waals surface area contributed by atoms with Crippen molar-refractivity contribution in [3.63, 3.8) is 0 Å². The minimum atomic E-state index is -3.19. The minimum absolute atomic E-state index is 0.237. The lowest BCUT2D eigenvalue weighted by atomic mass is 10.0. The van der Waals surface area contributed by atoms with Crippen LogP contribution in [-0.2, 0) is 19.4 Å². The van der Waals surface area contributed by atoms with Crippen molar-refractivity contribution >= 4 is 27.5 Å². The van der Waals surface area contributed by atoms with Crippen molar-refractivity contribution in [1.29, 1.82) is 0 Å². The van der Waals surface area contributed by atoms with E-state index in [0.29, 0.717) is 25.1 Å². The number of primary amides is 1. The Morgan fingerprint density at radius 3 is 2.40 bits per heavy atom. The van der Waals surface area contributed by atoms with Crippen molar-refractivity contribution in [1.82, 2.24) is 4.90 Å². The Hall–Kier alpha value is -2.09. The zero-order valence-corrected chi connectivity index (χ0v) is 14.7. The third-order valence-electron chi connectivity index (χ3n) is 5.57. The van der Waals surface area contributed by atoms with Gasteiger partial charge in [0, 0.05) is 18.5 Å². The highest BCUT2D eigenvalue weighted by atomic mass is 32.2. The molecule has 1 unspecified atom stereocenters. The van der Waals surface area contributed by atoms with Crippen molar-refractivity contribution in [2.24, 2.45) is 5.73 Å². The summed E-state index contributed by atoms with van der Waals surface area (Å²) in [7, 11) is -3.19. The molecule has 2 atom stereocenters. The molecule has 3 aliphatic rings. The maximum atomic E-state index is 12.7. The molecular weight excluding hydrogens is 342 g/mol. The Morgan fingerprint density at radius 1 is 1.24 bits per heavy atom. The van der Waals surface area contributed by atoms with E-state index < -0.39 is 26.5 Å². The smallest absolute Gasteiger partial charge is 0.325 e. The van der Waals surface area contributed by atoms with Crippen LogP contribution >= 0.6 is 0 Å². The Balaban J connectivity index is 1.68. The molecule has 1 radical (unpaired) electrons. The van der Waals surface area contributed by atoms with Crippen LogP contribution in [0, 0.1) is 6.42 Å². The number of anilines is 1. The van der Waals surface area contributed by atoms with Crippen LogP contribution < -0.4 is 10.6 Å².